The van der Waals surface area contributed by atoms with Crippen molar-refractivity contribution < 1.29 is 4.39 Å². The molecule has 0 bridgehead atoms. The van der Waals surface area contributed by atoms with Gasteiger partial charge in [-0.1, -0.05) is 6.07 Å². The molecule has 0 fully saturated rings. The van der Waals surface area contributed by atoms with Crippen molar-refractivity contribution in [1.82, 2.24) is 4.57 Å². The van der Waals surface area contributed by atoms with Gasteiger partial charge in [-0.2, -0.15) is 0 Å². The quantitative estimate of drug-likeness (QED) is 0.706. The number of anilines is 1. The van der Waals surface area contributed by atoms with E-state index in [4.69, 9.17) is 5.73 Å². The van der Waals surface area contributed by atoms with Crippen LogP contribution in [0.15, 0.2) is 53.1 Å². The minimum atomic E-state index is -0.242. The summed E-state index contributed by atoms with van der Waals surface area (Å²) in [5, 5.41) is 1.11. The lowest BCUT2D eigenvalue weighted by Crippen LogP contribution is -1.98. The summed E-state index contributed by atoms with van der Waals surface area (Å²) in [7, 11) is 0. The van der Waals surface area contributed by atoms with Gasteiger partial charge in [-0.3, -0.25) is 0 Å². The number of hydrogen-bond donors (Lipinski definition) is 1. The van der Waals surface area contributed by atoms with Gasteiger partial charge in [0.15, 0.2) is 0 Å². The highest BCUT2D eigenvalue weighted by molar-refractivity contribution is 9.10. The van der Waals surface area contributed by atoms with Crippen LogP contribution in [0.3, 0.4) is 0 Å². The normalized spacial score (nSPS) is 11.1. The molecule has 0 aliphatic carbocycles. The summed E-state index contributed by atoms with van der Waals surface area (Å²) in [5.74, 6) is -0.242. The van der Waals surface area contributed by atoms with E-state index in [9.17, 15) is 4.39 Å². The molecule has 0 radical (unpaired) electrons. The maximum Gasteiger partial charge on any atom is 0.137 e. The number of aromatic nitrogens is 1. The second-order valence-corrected chi connectivity index (χ2v) is 5.36. The number of nitrogen functional groups attached to an aromatic ring is 1. The highest BCUT2D eigenvalue weighted by Gasteiger charge is 2.04. The molecule has 0 saturated heterocycles. The first-order valence-electron chi connectivity index (χ1n) is 5.92. The lowest BCUT2D eigenvalue weighted by atomic mass is 10.2. The minimum Gasteiger partial charge on any atom is -0.399 e. The van der Waals surface area contributed by atoms with Crippen LogP contribution in [0.25, 0.3) is 10.9 Å². The molecule has 0 aliphatic heterocycles. The molecule has 1 heterocycles. The first kappa shape index (κ1) is 12.2. The number of hydrogen-bond acceptors (Lipinski definition) is 1. The number of fused-ring (bicyclic) bond motifs is 1. The molecule has 0 aliphatic rings. The van der Waals surface area contributed by atoms with E-state index in [1.54, 1.807) is 12.1 Å². The van der Waals surface area contributed by atoms with Gasteiger partial charge >= 0.3 is 0 Å². The first-order chi connectivity index (χ1) is 9.13. The largest absolute Gasteiger partial charge is 0.399 e. The van der Waals surface area contributed by atoms with E-state index >= 15 is 0 Å². The first-order valence-corrected chi connectivity index (χ1v) is 6.71. The Bertz CT molecular complexity index is 749. The Morgan fingerprint density at radius 3 is 2.74 bits per heavy atom. The average Bonchev–Trinajstić information content (AvgIpc) is 2.76. The summed E-state index contributed by atoms with van der Waals surface area (Å²) in [6.07, 6.45) is 2.02. The maximum absolute atomic E-state index is 13.2. The van der Waals surface area contributed by atoms with Crippen molar-refractivity contribution in [2.45, 2.75) is 6.54 Å². The zero-order valence-corrected chi connectivity index (χ0v) is 11.7. The van der Waals surface area contributed by atoms with Crippen LogP contribution in [-0.4, -0.2) is 4.57 Å². The molecule has 2 N–H and O–H groups in total. The van der Waals surface area contributed by atoms with Crippen molar-refractivity contribution >= 4 is 32.5 Å². The van der Waals surface area contributed by atoms with Gasteiger partial charge in [0, 0.05) is 29.3 Å². The van der Waals surface area contributed by atoms with Crippen molar-refractivity contribution in [3.05, 3.63) is 64.5 Å². The molecule has 0 amide bonds. The third kappa shape index (κ3) is 2.36. The Labute approximate surface area is 118 Å². The smallest absolute Gasteiger partial charge is 0.137 e. The molecule has 96 valence electrons. The van der Waals surface area contributed by atoms with Crippen LogP contribution in [0.4, 0.5) is 10.1 Å². The summed E-state index contributed by atoms with van der Waals surface area (Å²) in [4.78, 5) is 0. The van der Waals surface area contributed by atoms with Gasteiger partial charge in [-0.05, 0) is 57.9 Å². The van der Waals surface area contributed by atoms with Crippen LogP contribution in [0.5, 0.6) is 0 Å². The third-order valence-corrected chi connectivity index (χ3v) is 3.74. The highest BCUT2D eigenvalue weighted by atomic mass is 79.9. The topological polar surface area (TPSA) is 30.9 Å². The van der Waals surface area contributed by atoms with Gasteiger partial charge in [-0.25, -0.2) is 4.39 Å². The molecular weight excluding hydrogens is 307 g/mol. The van der Waals surface area contributed by atoms with E-state index in [2.05, 4.69) is 20.5 Å². The Kier molecular flexibility index (Phi) is 3.03. The molecular formula is C15H12BrFN2. The summed E-state index contributed by atoms with van der Waals surface area (Å²) in [6.45, 7) is 0.701. The minimum absolute atomic E-state index is 0.242. The third-order valence-electron chi connectivity index (χ3n) is 3.13. The zero-order chi connectivity index (χ0) is 13.4. The highest BCUT2D eigenvalue weighted by Crippen LogP contribution is 2.22. The van der Waals surface area contributed by atoms with Gasteiger partial charge in [0.05, 0.1) is 4.47 Å². The predicted octanol–water partition coefficient (Wildman–Crippen LogP) is 4.17. The lowest BCUT2D eigenvalue weighted by Gasteiger charge is -2.07. The van der Waals surface area contributed by atoms with Crippen LogP contribution >= 0.6 is 15.9 Å². The summed E-state index contributed by atoms with van der Waals surface area (Å²) < 4.78 is 15.8. The van der Waals surface area contributed by atoms with Gasteiger partial charge in [0.25, 0.3) is 0 Å². The molecule has 4 heteroatoms. The molecule has 0 spiro atoms. The second kappa shape index (κ2) is 4.70. The van der Waals surface area contributed by atoms with E-state index in [1.165, 1.54) is 6.07 Å². The van der Waals surface area contributed by atoms with Gasteiger partial charge in [-0.15, -0.1) is 0 Å². The molecule has 3 aromatic rings. The second-order valence-electron chi connectivity index (χ2n) is 4.51. The molecule has 3 rings (SSSR count). The van der Waals surface area contributed by atoms with Crippen LogP contribution in [0, 0.1) is 5.82 Å². The lowest BCUT2D eigenvalue weighted by molar-refractivity contribution is 0.619. The van der Waals surface area contributed by atoms with Crippen LogP contribution < -0.4 is 5.73 Å². The fraction of sp³-hybridized carbons (Fsp3) is 0.0667. The molecule has 19 heavy (non-hydrogen) atoms. The summed E-state index contributed by atoms with van der Waals surface area (Å²) in [6, 6.07) is 12.9. The van der Waals surface area contributed by atoms with E-state index in [0.717, 1.165) is 22.2 Å². The zero-order valence-electron chi connectivity index (χ0n) is 10.1. The van der Waals surface area contributed by atoms with E-state index in [-0.39, 0.29) is 5.82 Å². The van der Waals surface area contributed by atoms with Gasteiger partial charge < -0.3 is 10.3 Å². The van der Waals surface area contributed by atoms with Gasteiger partial charge in [0.2, 0.25) is 0 Å². The molecule has 0 saturated carbocycles. The van der Waals surface area contributed by atoms with Crippen LogP contribution in [-0.2, 0) is 6.54 Å². The fourth-order valence-corrected chi connectivity index (χ4v) is 2.62. The number of benzene rings is 2. The summed E-state index contributed by atoms with van der Waals surface area (Å²) >= 11 is 3.21. The summed E-state index contributed by atoms with van der Waals surface area (Å²) in [5.41, 5.74) is 8.69. The fourth-order valence-electron chi connectivity index (χ4n) is 2.19. The van der Waals surface area contributed by atoms with E-state index < -0.39 is 0 Å². The maximum atomic E-state index is 13.2. The van der Waals surface area contributed by atoms with Crippen LogP contribution in [0.2, 0.25) is 0 Å². The Morgan fingerprint density at radius 2 is 1.95 bits per heavy atom. The molecule has 1 aromatic heterocycles. The molecule has 2 aromatic carbocycles. The van der Waals surface area contributed by atoms with Crippen molar-refractivity contribution in [2.24, 2.45) is 0 Å². The molecule has 2 nitrogen and oxygen atoms in total. The number of nitrogens with zero attached hydrogens (tertiary/aromatic N) is 1. The number of rotatable bonds is 2. The SMILES string of the molecule is Nc1ccc2c(ccn2Cc2ccc(F)c(Br)c2)c1. The average molecular weight is 319 g/mol. The standard InChI is InChI=1S/C15H12BrFN2/c16-13-7-10(1-3-14(13)17)9-19-6-5-11-8-12(18)2-4-15(11)19/h1-8H,9,18H2. The van der Waals surface area contributed by atoms with Crippen molar-refractivity contribution in [2.75, 3.05) is 5.73 Å². The van der Waals surface area contributed by atoms with Crippen LogP contribution in [0.1, 0.15) is 5.56 Å². The predicted molar refractivity (Wildman–Crippen MR) is 79.6 cm³/mol. The monoisotopic (exact) mass is 318 g/mol. The Morgan fingerprint density at radius 1 is 1.11 bits per heavy atom. The van der Waals surface area contributed by atoms with E-state index in [0.29, 0.717) is 11.0 Å². The van der Waals surface area contributed by atoms with Crippen molar-refractivity contribution in [3.8, 4) is 0 Å². The number of nitrogens with two attached hydrogens (primary N) is 1. The Balaban J connectivity index is 1.98. The van der Waals surface area contributed by atoms with Crippen molar-refractivity contribution in [3.63, 3.8) is 0 Å². The van der Waals surface area contributed by atoms with Gasteiger partial charge in [0.1, 0.15) is 5.82 Å². The molecule has 0 atom stereocenters. The van der Waals surface area contributed by atoms with E-state index in [1.807, 2.05) is 30.5 Å². The number of halogens is 2. The molecule has 0 unspecified atom stereocenters. The van der Waals surface area contributed by atoms with Crippen molar-refractivity contribution in [1.29, 1.82) is 0 Å². The Hall–Kier alpha value is -1.81.